The molecule has 0 aliphatic heterocycles. The third kappa shape index (κ3) is 2.92. The summed E-state index contributed by atoms with van der Waals surface area (Å²) in [5.41, 5.74) is 1.87. The lowest BCUT2D eigenvalue weighted by atomic mass is 10.2. The average molecular weight is 246 g/mol. The van der Waals surface area contributed by atoms with Gasteiger partial charge >= 0.3 is 0 Å². The average Bonchev–Trinajstić information content (AvgIpc) is 2.85. The molecule has 0 spiro atoms. The van der Waals surface area contributed by atoms with Crippen molar-refractivity contribution in [3.05, 3.63) is 29.8 Å². The summed E-state index contributed by atoms with van der Waals surface area (Å²) in [5.74, 6) is 1.14. The quantitative estimate of drug-likeness (QED) is 0.878. The first-order valence-corrected chi connectivity index (χ1v) is 6.20. The van der Waals surface area contributed by atoms with Crippen LogP contribution < -0.4 is 5.32 Å². The van der Waals surface area contributed by atoms with E-state index in [1.165, 1.54) is 0 Å². The molecular formula is C13H18N4O. The van der Waals surface area contributed by atoms with E-state index >= 15 is 0 Å². The Morgan fingerprint density at radius 3 is 3.00 bits per heavy atom. The Bertz CT molecular complexity index is 509. The third-order valence-corrected chi connectivity index (χ3v) is 2.66. The molecule has 2 heterocycles. The minimum absolute atomic E-state index is 0.0657. The SMILES string of the molecule is CCCNC(C)c1nc(-c2cc(C)ccn2)no1. The maximum absolute atomic E-state index is 5.25. The highest BCUT2D eigenvalue weighted by Crippen LogP contribution is 2.17. The fourth-order valence-corrected chi connectivity index (χ4v) is 1.62. The van der Waals surface area contributed by atoms with Crippen molar-refractivity contribution in [2.24, 2.45) is 0 Å². The Morgan fingerprint density at radius 1 is 1.44 bits per heavy atom. The van der Waals surface area contributed by atoms with Crippen LogP contribution in [0.3, 0.4) is 0 Å². The largest absolute Gasteiger partial charge is 0.337 e. The Kier molecular flexibility index (Phi) is 4.04. The zero-order valence-corrected chi connectivity index (χ0v) is 11.0. The molecule has 96 valence electrons. The van der Waals surface area contributed by atoms with Crippen LogP contribution in [0.5, 0.6) is 0 Å². The molecule has 0 aromatic carbocycles. The molecule has 5 nitrogen and oxygen atoms in total. The second-order valence-electron chi connectivity index (χ2n) is 4.35. The molecule has 0 saturated carbocycles. The van der Waals surface area contributed by atoms with Gasteiger partial charge in [-0.25, -0.2) is 0 Å². The normalized spacial score (nSPS) is 12.6. The number of rotatable bonds is 5. The molecule has 0 aliphatic carbocycles. The predicted molar refractivity (Wildman–Crippen MR) is 69.0 cm³/mol. The Balaban J connectivity index is 2.15. The van der Waals surface area contributed by atoms with Crippen LogP contribution in [0.25, 0.3) is 11.5 Å². The third-order valence-electron chi connectivity index (χ3n) is 2.66. The molecule has 0 bridgehead atoms. The van der Waals surface area contributed by atoms with E-state index in [2.05, 4.69) is 27.4 Å². The van der Waals surface area contributed by atoms with Crippen molar-refractivity contribution in [1.29, 1.82) is 0 Å². The highest BCUT2D eigenvalue weighted by molar-refractivity contribution is 5.48. The second-order valence-corrected chi connectivity index (χ2v) is 4.35. The van der Waals surface area contributed by atoms with Gasteiger partial charge in [0.2, 0.25) is 11.7 Å². The predicted octanol–water partition coefficient (Wildman–Crippen LogP) is 2.50. The van der Waals surface area contributed by atoms with Crippen molar-refractivity contribution in [1.82, 2.24) is 20.4 Å². The van der Waals surface area contributed by atoms with Gasteiger partial charge in [0.05, 0.1) is 6.04 Å². The van der Waals surface area contributed by atoms with Gasteiger partial charge in [-0.05, 0) is 44.5 Å². The first-order chi connectivity index (χ1) is 8.70. The number of nitrogens with one attached hydrogen (secondary N) is 1. The molecule has 18 heavy (non-hydrogen) atoms. The smallest absolute Gasteiger partial charge is 0.243 e. The first kappa shape index (κ1) is 12.7. The van der Waals surface area contributed by atoms with Crippen LogP contribution in [0.1, 0.15) is 37.8 Å². The molecule has 1 atom stereocenters. The van der Waals surface area contributed by atoms with Crippen LogP contribution in [0.4, 0.5) is 0 Å². The van der Waals surface area contributed by atoms with Gasteiger partial charge in [0, 0.05) is 6.20 Å². The molecule has 2 rings (SSSR count). The summed E-state index contributed by atoms with van der Waals surface area (Å²) in [7, 11) is 0. The Labute approximate surface area is 107 Å². The Hall–Kier alpha value is -1.75. The maximum atomic E-state index is 5.25. The minimum atomic E-state index is 0.0657. The Morgan fingerprint density at radius 2 is 2.28 bits per heavy atom. The van der Waals surface area contributed by atoms with Gasteiger partial charge in [0.15, 0.2) is 0 Å². The van der Waals surface area contributed by atoms with Gasteiger partial charge in [0.25, 0.3) is 0 Å². The van der Waals surface area contributed by atoms with Gasteiger partial charge in [0.1, 0.15) is 5.69 Å². The molecule has 0 fully saturated rings. The van der Waals surface area contributed by atoms with E-state index in [9.17, 15) is 0 Å². The lowest BCUT2D eigenvalue weighted by Gasteiger charge is -2.06. The van der Waals surface area contributed by atoms with Crippen molar-refractivity contribution in [2.45, 2.75) is 33.2 Å². The number of hydrogen-bond acceptors (Lipinski definition) is 5. The van der Waals surface area contributed by atoms with Crippen LogP contribution in [0, 0.1) is 6.92 Å². The van der Waals surface area contributed by atoms with E-state index in [0.29, 0.717) is 11.7 Å². The zero-order chi connectivity index (χ0) is 13.0. The fraction of sp³-hybridized carbons (Fsp3) is 0.462. The molecule has 2 aromatic heterocycles. The summed E-state index contributed by atoms with van der Waals surface area (Å²) in [6, 6.07) is 3.95. The van der Waals surface area contributed by atoms with Gasteiger partial charge in [-0.3, -0.25) is 4.98 Å². The van der Waals surface area contributed by atoms with Crippen LogP contribution in [-0.4, -0.2) is 21.7 Å². The number of pyridine rings is 1. The fourth-order valence-electron chi connectivity index (χ4n) is 1.62. The van der Waals surface area contributed by atoms with E-state index in [1.54, 1.807) is 6.20 Å². The van der Waals surface area contributed by atoms with Crippen LogP contribution in [0.15, 0.2) is 22.9 Å². The lowest BCUT2D eigenvalue weighted by Crippen LogP contribution is -2.19. The van der Waals surface area contributed by atoms with Gasteiger partial charge in [-0.1, -0.05) is 12.1 Å². The molecule has 0 radical (unpaired) electrons. The number of nitrogens with zero attached hydrogens (tertiary/aromatic N) is 3. The standard InChI is InChI=1S/C13H18N4O/c1-4-6-14-10(3)13-16-12(17-18-13)11-8-9(2)5-7-15-11/h5,7-8,10,14H,4,6H2,1-3H3. The van der Waals surface area contributed by atoms with Crippen molar-refractivity contribution < 1.29 is 4.52 Å². The first-order valence-electron chi connectivity index (χ1n) is 6.20. The monoisotopic (exact) mass is 246 g/mol. The summed E-state index contributed by atoms with van der Waals surface area (Å²) >= 11 is 0. The highest BCUT2D eigenvalue weighted by Gasteiger charge is 2.14. The van der Waals surface area contributed by atoms with E-state index in [4.69, 9.17) is 4.52 Å². The van der Waals surface area contributed by atoms with Crippen LogP contribution in [0.2, 0.25) is 0 Å². The van der Waals surface area contributed by atoms with Crippen molar-refractivity contribution in [3.8, 4) is 11.5 Å². The molecule has 1 N–H and O–H groups in total. The topological polar surface area (TPSA) is 63.8 Å². The number of hydrogen-bond donors (Lipinski definition) is 1. The number of aromatic nitrogens is 3. The van der Waals surface area contributed by atoms with Gasteiger partial charge < -0.3 is 9.84 Å². The summed E-state index contributed by atoms with van der Waals surface area (Å²) in [4.78, 5) is 8.61. The zero-order valence-electron chi connectivity index (χ0n) is 11.0. The summed E-state index contributed by atoms with van der Waals surface area (Å²) in [5, 5.41) is 7.28. The van der Waals surface area contributed by atoms with Gasteiger partial charge in [-0.2, -0.15) is 4.98 Å². The van der Waals surface area contributed by atoms with E-state index in [-0.39, 0.29) is 6.04 Å². The second kappa shape index (κ2) is 5.73. The molecule has 0 amide bonds. The molecule has 0 saturated heterocycles. The molecule has 2 aromatic rings. The van der Waals surface area contributed by atoms with Crippen LogP contribution in [-0.2, 0) is 0 Å². The van der Waals surface area contributed by atoms with Crippen molar-refractivity contribution in [3.63, 3.8) is 0 Å². The van der Waals surface area contributed by atoms with Crippen molar-refractivity contribution >= 4 is 0 Å². The minimum Gasteiger partial charge on any atom is -0.337 e. The number of aryl methyl sites for hydroxylation is 1. The summed E-state index contributed by atoms with van der Waals surface area (Å²) < 4.78 is 5.25. The summed E-state index contributed by atoms with van der Waals surface area (Å²) in [6.45, 7) is 7.07. The molecule has 0 aliphatic rings. The molecular weight excluding hydrogens is 228 g/mol. The van der Waals surface area contributed by atoms with Gasteiger partial charge in [-0.15, -0.1) is 0 Å². The molecule has 1 unspecified atom stereocenters. The van der Waals surface area contributed by atoms with Crippen molar-refractivity contribution in [2.75, 3.05) is 6.54 Å². The molecule has 5 heteroatoms. The van der Waals surface area contributed by atoms with E-state index in [1.807, 2.05) is 26.0 Å². The highest BCUT2D eigenvalue weighted by atomic mass is 16.5. The summed E-state index contributed by atoms with van der Waals surface area (Å²) in [6.07, 6.45) is 2.82. The van der Waals surface area contributed by atoms with Crippen LogP contribution >= 0.6 is 0 Å². The van der Waals surface area contributed by atoms with E-state index < -0.39 is 0 Å². The maximum Gasteiger partial charge on any atom is 0.243 e. The lowest BCUT2D eigenvalue weighted by molar-refractivity contribution is 0.340. The van der Waals surface area contributed by atoms with E-state index in [0.717, 1.165) is 24.2 Å².